The number of hydrogen-bond donors (Lipinski definition) is 0. The molecule has 28 heavy (non-hydrogen) atoms. The van der Waals surface area contributed by atoms with Gasteiger partial charge in [0.15, 0.2) is 6.10 Å². The monoisotopic (exact) mass is 379 g/mol. The molecule has 0 unspecified atom stereocenters. The third-order valence-corrected chi connectivity index (χ3v) is 4.47. The van der Waals surface area contributed by atoms with Gasteiger partial charge in [-0.1, -0.05) is 46.6 Å². The largest absolute Gasteiger partial charge is 0.481 e. The maximum atomic E-state index is 12.7. The highest BCUT2D eigenvalue weighted by molar-refractivity contribution is 5.80. The Kier molecular flexibility index (Phi) is 5.78. The van der Waals surface area contributed by atoms with Gasteiger partial charge in [-0.3, -0.25) is 4.79 Å². The van der Waals surface area contributed by atoms with Crippen LogP contribution in [0.2, 0.25) is 0 Å². The van der Waals surface area contributed by atoms with Crippen LogP contribution in [0.25, 0.3) is 11.4 Å². The first-order chi connectivity index (χ1) is 13.3. The zero-order chi connectivity index (χ0) is 20.3. The van der Waals surface area contributed by atoms with Crippen LogP contribution in [-0.4, -0.2) is 34.1 Å². The third-order valence-electron chi connectivity index (χ3n) is 4.47. The fourth-order valence-electron chi connectivity index (χ4n) is 2.98. The Labute approximate surface area is 165 Å². The molecule has 2 aromatic carbocycles. The van der Waals surface area contributed by atoms with E-state index in [4.69, 9.17) is 9.26 Å². The van der Waals surface area contributed by atoms with Crippen molar-refractivity contribution in [2.45, 2.75) is 40.3 Å². The molecule has 1 atom stereocenters. The molecule has 0 bridgehead atoms. The molecule has 0 saturated carbocycles. The summed E-state index contributed by atoms with van der Waals surface area (Å²) in [4.78, 5) is 18.6. The molecule has 6 nitrogen and oxygen atoms in total. The molecule has 0 aliphatic rings. The van der Waals surface area contributed by atoms with Crippen molar-refractivity contribution in [3.63, 3.8) is 0 Å². The first-order valence-electron chi connectivity index (χ1n) is 9.22. The second-order valence-electron chi connectivity index (χ2n) is 7.10. The predicted octanol–water partition coefficient (Wildman–Crippen LogP) is 4.09. The number of aryl methyl sites for hydroxylation is 3. The summed E-state index contributed by atoms with van der Waals surface area (Å²) >= 11 is 0. The predicted molar refractivity (Wildman–Crippen MR) is 107 cm³/mol. The minimum atomic E-state index is -0.620. The molecule has 0 N–H and O–H groups in total. The Morgan fingerprint density at radius 1 is 1.14 bits per heavy atom. The molecule has 0 radical (unpaired) electrons. The van der Waals surface area contributed by atoms with Crippen molar-refractivity contribution in [1.29, 1.82) is 0 Å². The van der Waals surface area contributed by atoms with Crippen molar-refractivity contribution in [1.82, 2.24) is 15.0 Å². The fraction of sp³-hybridized carbons (Fsp3) is 0.318. The number of benzene rings is 2. The van der Waals surface area contributed by atoms with Crippen molar-refractivity contribution < 1.29 is 14.1 Å². The number of aromatic nitrogens is 2. The number of carbonyl (C=O) groups is 1. The third kappa shape index (κ3) is 4.57. The average molecular weight is 379 g/mol. The van der Waals surface area contributed by atoms with E-state index in [1.54, 1.807) is 14.0 Å². The molecule has 0 aliphatic carbocycles. The van der Waals surface area contributed by atoms with Gasteiger partial charge in [0.2, 0.25) is 11.7 Å². The van der Waals surface area contributed by atoms with Crippen LogP contribution in [0, 0.1) is 20.8 Å². The van der Waals surface area contributed by atoms with Gasteiger partial charge >= 0.3 is 0 Å². The highest BCUT2D eigenvalue weighted by Crippen LogP contribution is 2.21. The van der Waals surface area contributed by atoms with Crippen molar-refractivity contribution in [2.75, 3.05) is 7.05 Å². The highest BCUT2D eigenvalue weighted by Gasteiger charge is 2.22. The molecule has 3 aromatic rings. The molecule has 3 rings (SSSR count). The van der Waals surface area contributed by atoms with E-state index in [0.717, 1.165) is 22.3 Å². The first kappa shape index (κ1) is 19.6. The molecule has 146 valence electrons. The van der Waals surface area contributed by atoms with E-state index in [1.165, 1.54) is 4.90 Å². The van der Waals surface area contributed by atoms with Crippen molar-refractivity contribution >= 4 is 5.91 Å². The molecule has 0 fully saturated rings. The van der Waals surface area contributed by atoms with Gasteiger partial charge in [-0.15, -0.1) is 0 Å². The Morgan fingerprint density at radius 3 is 2.61 bits per heavy atom. The standard InChI is InChI=1S/C22H25N3O3/c1-14-7-6-8-18(12-14)21-23-20(28-24-21)13-25(5)22(26)17(4)27-19-10-9-15(2)11-16(19)3/h6-12,17H,13H2,1-5H3/t17-/m1/s1. The molecule has 1 aromatic heterocycles. The molecule has 1 heterocycles. The van der Waals surface area contributed by atoms with Crippen LogP contribution in [0.3, 0.4) is 0 Å². The van der Waals surface area contributed by atoms with Gasteiger partial charge in [-0.05, 0) is 45.4 Å². The summed E-state index contributed by atoms with van der Waals surface area (Å²) in [7, 11) is 1.70. The molecular formula is C22H25N3O3. The van der Waals surface area contributed by atoms with Gasteiger partial charge in [0.1, 0.15) is 5.75 Å². The summed E-state index contributed by atoms with van der Waals surface area (Å²) < 4.78 is 11.2. The Bertz CT molecular complexity index is 981. The highest BCUT2D eigenvalue weighted by atomic mass is 16.5. The van der Waals surface area contributed by atoms with Crippen LogP contribution in [0.1, 0.15) is 29.5 Å². The van der Waals surface area contributed by atoms with E-state index in [1.807, 2.05) is 63.2 Å². The molecule has 1 amide bonds. The van der Waals surface area contributed by atoms with Gasteiger partial charge in [0.05, 0.1) is 6.54 Å². The summed E-state index contributed by atoms with van der Waals surface area (Å²) in [6.07, 6.45) is -0.620. The number of hydrogen-bond acceptors (Lipinski definition) is 5. The second-order valence-corrected chi connectivity index (χ2v) is 7.10. The van der Waals surface area contributed by atoms with Gasteiger partial charge in [-0.25, -0.2) is 0 Å². The van der Waals surface area contributed by atoms with Crippen LogP contribution >= 0.6 is 0 Å². The van der Waals surface area contributed by atoms with Crippen LogP contribution in [0.4, 0.5) is 0 Å². The van der Waals surface area contributed by atoms with Crippen LogP contribution < -0.4 is 4.74 Å². The fourth-order valence-corrected chi connectivity index (χ4v) is 2.98. The van der Waals surface area contributed by atoms with E-state index in [0.29, 0.717) is 17.5 Å². The number of nitrogens with zero attached hydrogens (tertiary/aromatic N) is 3. The number of amides is 1. The molecule has 0 aliphatic heterocycles. The zero-order valence-electron chi connectivity index (χ0n) is 16.9. The molecule has 0 saturated heterocycles. The van der Waals surface area contributed by atoms with Crippen LogP contribution in [-0.2, 0) is 11.3 Å². The van der Waals surface area contributed by atoms with Crippen molar-refractivity contribution in [2.24, 2.45) is 0 Å². The summed E-state index contributed by atoms with van der Waals surface area (Å²) in [6, 6.07) is 13.8. The quantitative estimate of drug-likeness (QED) is 0.645. The molecule has 6 heteroatoms. The zero-order valence-corrected chi connectivity index (χ0v) is 16.9. The lowest BCUT2D eigenvalue weighted by molar-refractivity contribution is -0.137. The van der Waals surface area contributed by atoms with E-state index < -0.39 is 6.10 Å². The van der Waals surface area contributed by atoms with E-state index >= 15 is 0 Å². The maximum Gasteiger partial charge on any atom is 0.263 e. The van der Waals surface area contributed by atoms with E-state index in [-0.39, 0.29) is 12.5 Å². The normalized spacial score (nSPS) is 11.9. The van der Waals surface area contributed by atoms with Crippen molar-refractivity contribution in [3.05, 3.63) is 65.0 Å². The van der Waals surface area contributed by atoms with E-state index in [9.17, 15) is 4.79 Å². The van der Waals surface area contributed by atoms with Gasteiger partial charge in [0, 0.05) is 12.6 Å². The Balaban J connectivity index is 1.64. The van der Waals surface area contributed by atoms with Gasteiger partial charge in [-0.2, -0.15) is 4.98 Å². The maximum absolute atomic E-state index is 12.7. The lowest BCUT2D eigenvalue weighted by atomic mass is 10.1. The topological polar surface area (TPSA) is 68.5 Å². The first-order valence-corrected chi connectivity index (χ1v) is 9.22. The number of carbonyl (C=O) groups excluding carboxylic acids is 1. The Morgan fingerprint density at radius 2 is 1.89 bits per heavy atom. The van der Waals surface area contributed by atoms with Crippen LogP contribution in [0.15, 0.2) is 47.0 Å². The number of likely N-dealkylation sites (N-methyl/N-ethyl adjacent to an activating group) is 1. The van der Waals surface area contributed by atoms with Gasteiger partial charge < -0.3 is 14.2 Å². The van der Waals surface area contributed by atoms with Crippen LogP contribution in [0.5, 0.6) is 5.75 Å². The molecule has 0 spiro atoms. The summed E-state index contributed by atoms with van der Waals surface area (Å²) in [6.45, 7) is 7.96. The summed E-state index contributed by atoms with van der Waals surface area (Å²) in [5, 5.41) is 4.02. The summed E-state index contributed by atoms with van der Waals surface area (Å²) in [5.74, 6) is 1.44. The lowest BCUT2D eigenvalue weighted by Crippen LogP contribution is -2.37. The Hall–Kier alpha value is -3.15. The summed E-state index contributed by atoms with van der Waals surface area (Å²) in [5.41, 5.74) is 4.16. The minimum absolute atomic E-state index is 0.157. The average Bonchev–Trinajstić information content (AvgIpc) is 3.11. The van der Waals surface area contributed by atoms with Gasteiger partial charge in [0.25, 0.3) is 5.91 Å². The SMILES string of the molecule is Cc1cccc(-c2noc(CN(C)C(=O)[C@@H](C)Oc3ccc(C)cc3C)n2)c1. The number of ether oxygens (including phenoxy) is 1. The van der Waals surface area contributed by atoms with Crippen molar-refractivity contribution in [3.8, 4) is 17.1 Å². The second kappa shape index (κ2) is 8.25. The number of rotatable bonds is 6. The minimum Gasteiger partial charge on any atom is -0.481 e. The smallest absolute Gasteiger partial charge is 0.263 e. The van der Waals surface area contributed by atoms with E-state index in [2.05, 4.69) is 10.1 Å². The lowest BCUT2D eigenvalue weighted by Gasteiger charge is -2.21. The molecular weight excluding hydrogens is 354 g/mol.